The molecule has 1 saturated heterocycles. The van der Waals surface area contributed by atoms with E-state index in [0.29, 0.717) is 107 Å². The Morgan fingerprint density at radius 3 is 1.18 bits per heavy atom. The normalized spacial score (nSPS) is 16.9. The standard InChI is InChI=1S/C74H113N9O12/c1-51-46-61(78-50-51)67(88)83(12)43-45-92-44-42-82(11)65(87)37-38-74-58-47-52(79-62(84)28-22-16-13-19-25-39-75-68(89)93-71(2,3)4)31-34-55(58)66(56-35-32-53(48-59(56)74)80-63(85)29-23-17-14-20-26-40-76-69(90)94-72(5,6)7)57-36-33-54(49-60(57)74)81-64(86)30-24-18-15-21-27-41-77-70(91)95-73(8,9)10/h31-36,47-49,51,61,66,78H,13-30,37-46,50H2,1-12H3,(H,75,89)(H,76,90)(H,77,91)(H,79,84)(H,80,85)(H,81,86)/t51-,61-,66?,74?/m0/s1. The van der Waals surface area contributed by atoms with Crippen molar-refractivity contribution in [1.82, 2.24) is 31.1 Å². The average molecular weight is 1320 g/mol. The van der Waals surface area contributed by atoms with Crippen LogP contribution < -0.4 is 37.2 Å². The minimum Gasteiger partial charge on any atom is -0.444 e. The monoisotopic (exact) mass is 1320 g/mol. The third-order valence-corrected chi connectivity index (χ3v) is 17.4. The van der Waals surface area contributed by atoms with E-state index in [1.54, 1.807) is 23.9 Å². The number of hydrogen-bond acceptors (Lipinski definition) is 13. The van der Waals surface area contributed by atoms with E-state index in [1.807, 2.05) is 80.5 Å². The molecule has 3 aliphatic carbocycles. The van der Waals surface area contributed by atoms with E-state index in [0.717, 1.165) is 123 Å². The zero-order valence-corrected chi connectivity index (χ0v) is 59.2. The highest BCUT2D eigenvalue weighted by Gasteiger charge is 2.52. The number of likely N-dealkylation sites (N-methyl/N-ethyl adjacent to an activating group) is 2. The van der Waals surface area contributed by atoms with Crippen LogP contribution in [0.5, 0.6) is 0 Å². The second-order valence-corrected chi connectivity index (χ2v) is 29.2. The fourth-order valence-corrected chi connectivity index (χ4v) is 12.7. The van der Waals surface area contributed by atoms with E-state index in [-0.39, 0.29) is 54.5 Å². The van der Waals surface area contributed by atoms with Crippen molar-refractivity contribution in [3.8, 4) is 0 Å². The predicted molar refractivity (Wildman–Crippen MR) is 373 cm³/mol. The SMILES string of the molecule is C[C@@H]1CN[C@H](C(=O)N(C)CCOCCN(C)C(=O)CCC23c4cc(NC(=O)CCCCCCCNC(=O)OC(C)(C)C)ccc4C(c4ccc(NC(=O)CCCCCCCNC(=O)OC(C)(C)C)cc42)c2ccc(NC(=O)CCCCCCCNC(=O)OC(C)(C)C)cc23)C1. The molecular weight excluding hydrogens is 1210 g/mol. The second kappa shape index (κ2) is 36.7. The quantitative estimate of drug-likeness (QED) is 0.0209. The summed E-state index contributed by atoms with van der Waals surface area (Å²) < 4.78 is 22.1. The molecule has 3 aromatic carbocycles. The summed E-state index contributed by atoms with van der Waals surface area (Å²) in [5.74, 6) is -0.226. The molecule has 1 fully saturated rings. The summed E-state index contributed by atoms with van der Waals surface area (Å²) >= 11 is 0. The van der Waals surface area contributed by atoms with Crippen LogP contribution in [0.2, 0.25) is 0 Å². The van der Waals surface area contributed by atoms with Crippen molar-refractivity contribution in [3.05, 3.63) is 88.0 Å². The van der Waals surface area contributed by atoms with Crippen LogP contribution in [0, 0.1) is 5.92 Å². The zero-order chi connectivity index (χ0) is 69.3. The summed E-state index contributed by atoms with van der Waals surface area (Å²) in [6, 6.07) is 18.1. The van der Waals surface area contributed by atoms with Gasteiger partial charge in [-0.25, -0.2) is 14.4 Å². The van der Waals surface area contributed by atoms with Crippen LogP contribution in [0.1, 0.15) is 243 Å². The first-order valence-corrected chi connectivity index (χ1v) is 35.1. The van der Waals surface area contributed by atoms with Crippen molar-refractivity contribution in [1.29, 1.82) is 0 Å². The Hall–Kier alpha value is -7.26. The molecule has 0 aromatic heterocycles. The minimum atomic E-state index is -1.01. The van der Waals surface area contributed by atoms with Crippen LogP contribution in [0.3, 0.4) is 0 Å². The molecular formula is C74H113N9O12. The number of carbonyl (C=O) groups is 8. The fourth-order valence-electron chi connectivity index (χ4n) is 12.7. The van der Waals surface area contributed by atoms with Gasteiger partial charge in [0.05, 0.1) is 19.3 Å². The molecule has 0 unspecified atom stereocenters. The molecule has 7 rings (SSSR count). The maximum Gasteiger partial charge on any atom is 0.407 e. The number of amides is 8. The number of anilines is 3. The Morgan fingerprint density at radius 1 is 0.484 bits per heavy atom. The van der Waals surface area contributed by atoms with Crippen LogP contribution in [0.15, 0.2) is 54.6 Å². The van der Waals surface area contributed by atoms with Crippen LogP contribution in [0.25, 0.3) is 0 Å². The zero-order valence-electron chi connectivity index (χ0n) is 59.2. The van der Waals surface area contributed by atoms with Crippen molar-refractivity contribution < 1.29 is 57.3 Å². The van der Waals surface area contributed by atoms with Crippen molar-refractivity contribution in [2.45, 2.75) is 238 Å². The van der Waals surface area contributed by atoms with Crippen molar-refractivity contribution in [3.63, 3.8) is 0 Å². The molecule has 3 aromatic rings. The number of unbranched alkanes of at least 4 members (excludes halogenated alkanes) is 12. The molecule has 0 radical (unpaired) electrons. The summed E-state index contributed by atoms with van der Waals surface area (Å²) in [5.41, 5.74) is 5.03. The summed E-state index contributed by atoms with van der Waals surface area (Å²) in [4.78, 5) is 109. The van der Waals surface area contributed by atoms with Gasteiger partial charge >= 0.3 is 18.3 Å². The number of nitrogens with zero attached hydrogens (tertiary/aromatic N) is 2. The van der Waals surface area contributed by atoms with Gasteiger partial charge in [-0.1, -0.05) is 82.9 Å². The molecule has 2 bridgehead atoms. The van der Waals surface area contributed by atoms with E-state index in [4.69, 9.17) is 18.9 Å². The number of nitrogens with one attached hydrogen (secondary N) is 7. The molecule has 526 valence electrons. The van der Waals surface area contributed by atoms with E-state index in [2.05, 4.69) is 80.5 Å². The molecule has 4 aliphatic rings. The molecule has 2 atom stereocenters. The van der Waals surface area contributed by atoms with Gasteiger partial charge in [-0.2, -0.15) is 0 Å². The molecule has 1 heterocycles. The highest BCUT2D eigenvalue weighted by molar-refractivity contribution is 5.94. The van der Waals surface area contributed by atoms with E-state index in [1.165, 1.54) is 0 Å². The third-order valence-electron chi connectivity index (χ3n) is 17.4. The first kappa shape index (κ1) is 76.8. The van der Waals surface area contributed by atoms with Crippen LogP contribution in [0.4, 0.5) is 31.4 Å². The van der Waals surface area contributed by atoms with Crippen molar-refractivity contribution in [2.75, 3.05) is 82.5 Å². The third kappa shape index (κ3) is 25.4. The molecule has 1 aliphatic heterocycles. The first-order chi connectivity index (χ1) is 45.0. The van der Waals surface area contributed by atoms with E-state index >= 15 is 0 Å². The molecule has 0 saturated carbocycles. The Morgan fingerprint density at radius 2 is 0.832 bits per heavy atom. The van der Waals surface area contributed by atoms with E-state index in [9.17, 15) is 38.4 Å². The maximum absolute atomic E-state index is 14.7. The van der Waals surface area contributed by atoms with Gasteiger partial charge in [0.2, 0.25) is 29.5 Å². The lowest BCUT2D eigenvalue weighted by atomic mass is 9.51. The highest BCUT2D eigenvalue weighted by atomic mass is 16.6. The Balaban J connectivity index is 1.21. The topological polar surface area (TPSA) is 264 Å². The Kier molecular flexibility index (Phi) is 29.7. The summed E-state index contributed by atoms with van der Waals surface area (Å²) in [6.07, 6.45) is 13.3. The first-order valence-electron chi connectivity index (χ1n) is 35.1. The van der Waals surface area contributed by atoms with Gasteiger partial charge in [-0.05, 0) is 196 Å². The van der Waals surface area contributed by atoms with E-state index < -0.39 is 40.5 Å². The molecule has 8 amide bonds. The van der Waals surface area contributed by atoms with Crippen LogP contribution in [-0.4, -0.2) is 147 Å². The summed E-state index contributed by atoms with van der Waals surface area (Å²) in [7, 11) is 3.56. The molecule has 21 heteroatoms. The van der Waals surface area contributed by atoms with Crippen LogP contribution in [-0.2, 0) is 48.3 Å². The van der Waals surface area contributed by atoms with Gasteiger partial charge in [0, 0.05) is 101 Å². The van der Waals surface area contributed by atoms with Crippen molar-refractivity contribution in [2.24, 2.45) is 5.92 Å². The number of hydrogen-bond donors (Lipinski definition) is 7. The lowest BCUT2D eigenvalue weighted by Gasteiger charge is -2.51. The van der Waals surface area contributed by atoms with Gasteiger partial charge < -0.3 is 66.0 Å². The summed E-state index contributed by atoms with van der Waals surface area (Å²) in [5, 5.41) is 21.4. The number of benzene rings is 3. The maximum atomic E-state index is 14.7. The largest absolute Gasteiger partial charge is 0.444 e. The van der Waals surface area contributed by atoms with Crippen molar-refractivity contribution >= 4 is 64.9 Å². The second-order valence-electron chi connectivity index (χ2n) is 29.2. The minimum absolute atomic E-state index is 0.0486. The van der Waals surface area contributed by atoms with Gasteiger partial charge in [0.25, 0.3) is 0 Å². The van der Waals surface area contributed by atoms with Gasteiger partial charge in [-0.3, -0.25) is 24.0 Å². The number of alkyl carbamates (subject to hydrolysis) is 3. The van der Waals surface area contributed by atoms with Gasteiger partial charge in [-0.15, -0.1) is 0 Å². The Bertz CT molecular complexity index is 2790. The van der Waals surface area contributed by atoms with Gasteiger partial charge in [0.1, 0.15) is 16.8 Å². The highest BCUT2D eigenvalue weighted by Crippen LogP contribution is 2.62. The van der Waals surface area contributed by atoms with Gasteiger partial charge in [0.15, 0.2) is 0 Å². The lowest BCUT2D eigenvalue weighted by molar-refractivity contribution is -0.132. The molecule has 21 nitrogen and oxygen atoms in total. The average Bonchev–Trinajstić information content (AvgIpc) is 0.834. The van der Waals surface area contributed by atoms with Crippen LogP contribution >= 0.6 is 0 Å². The number of ether oxygens (including phenoxy) is 4. The molecule has 95 heavy (non-hydrogen) atoms. The fraction of sp³-hybridized carbons (Fsp3) is 0.649. The molecule has 7 N–H and O–H groups in total. The Labute approximate surface area is 565 Å². The smallest absolute Gasteiger partial charge is 0.407 e. The summed E-state index contributed by atoms with van der Waals surface area (Å²) in [6.45, 7) is 22.3. The number of rotatable bonds is 37. The lowest BCUT2D eigenvalue weighted by Crippen LogP contribution is -2.43. The molecule has 0 spiro atoms. The predicted octanol–water partition coefficient (Wildman–Crippen LogP) is 13.0. The number of carbonyl (C=O) groups excluding carboxylic acids is 8.